The summed E-state index contributed by atoms with van der Waals surface area (Å²) in [5, 5.41) is 0.596. The highest BCUT2D eigenvalue weighted by atomic mass is 79.9. The van der Waals surface area contributed by atoms with E-state index in [0.717, 1.165) is 11.1 Å². The minimum atomic E-state index is -0.535. The summed E-state index contributed by atoms with van der Waals surface area (Å²) in [6, 6.07) is 9.51. The van der Waals surface area contributed by atoms with Gasteiger partial charge in [0.1, 0.15) is 11.6 Å². The molecule has 100 valence electrons. The van der Waals surface area contributed by atoms with Crippen LogP contribution in [0.5, 0.6) is 0 Å². The molecule has 0 fully saturated rings. The lowest BCUT2D eigenvalue weighted by Crippen LogP contribution is -2.02. The van der Waals surface area contributed by atoms with Crippen LogP contribution >= 0.6 is 27.5 Å². The number of halogens is 4. The summed E-state index contributed by atoms with van der Waals surface area (Å²) in [5.74, 6) is -1.07. The second-order valence-electron chi connectivity index (χ2n) is 4.40. The molecule has 0 aliphatic heterocycles. The van der Waals surface area contributed by atoms with Crippen LogP contribution in [0, 0.1) is 18.6 Å². The van der Waals surface area contributed by atoms with Gasteiger partial charge in [0.2, 0.25) is 0 Å². The fraction of sp³-hybridized carbons (Fsp3) is 0.200. The molecule has 4 heteroatoms. The van der Waals surface area contributed by atoms with Crippen molar-refractivity contribution in [3.8, 4) is 0 Å². The van der Waals surface area contributed by atoms with Crippen LogP contribution in [0.3, 0.4) is 0 Å². The van der Waals surface area contributed by atoms with Gasteiger partial charge < -0.3 is 0 Å². The fourth-order valence-corrected chi connectivity index (χ4v) is 3.12. The Hall–Kier alpha value is -0.930. The number of alkyl halides is 1. The van der Waals surface area contributed by atoms with Crippen LogP contribution in [0.25, 0.3) is 0 Å². The van der Waals surface area contributed by atoms with Crippen LogP contribution in [0.1, 0.15) is 21.5 Å². The average Bonchev–Trinajstić information content (AvgIpc) is 2.33. The molecule has 0 aliphatic rings. The van der Waals surface area contributed by atoms with Gasteiger partial charge in [-0.05, 0) is 42.7 Å². The highest BCUT2D eigenvalue weighted by molar-refractivity contribution is 9.09. The van der Waals surface area contributed by atoms with Gasteiger partial charge in [0.15, 0.2) is 0 Å². The maximum atomic E-state index is 13.6. The minimum Gasteiger partial charge on any atom is -0.207 e. The van der Waals surface area contributed by atoms with Gasteiger partial charge in [-0.15, -0.1) is 0 Å². The molecule has 1 atom stereocenters. The summed E-state index contributed by atoms with van der Waals surface area (Å²) in [7, 11) is 0. The number of hydrogen-bond donors (Lipinski definition) is 0. The van der Waals surface area contributed by atoms with Gasteiger partial charge in [0.05, 0.1) is 0 Å². The maximum Gasteiger partial charge on any atom is 0.129 e. The lowest BCUT2D eigenvalue weighted by atomic mass is 10.0. The number of hydrogen-bond acceptors (Lipinski definition) is 0. The normalized spacial score (nSPS) is 12.5. The van der Waals surface area contributed by atoms with Gasteiger partial charge in [-0.1, -0.05) is 45.7 Å². The van der Waals surface area contributed by atoms with Crippen molar-refractivity contribution in [3.05, 3.63) is 69.7 Å². The lowest BCUT2D eigenvalue weighted by Gasteiger charge is -2.13. The van der Waals surface area contributed by atoms with Crippen molar-refractivity contribution in [1.82, 2.24) is 0 Å². The molecule has 0 amide bonds. The van der Waals surface area contributed by atoms with Crippen LogP contribution in [0.4, 0.5) is 8.78 Å². The Labute approximate surface area is 124 Å². The maximum absolute atomic E-state index is 13.6. The zero-order valence-electron chi connectivity index (χ0n) is 10.3. The molecule has 2 aromatic rings. The first-order valence-corrected chi connectivity index (χ1v) is 7.11. The summed E-state index contributed by atoms with van der Waals surface area (Å²) in [6.45, 7) is 1.94. The molecule has 0 saturated heterocycles. The molecule has 0 spiro atoms. The van der Waals surface area contributed by atoms with Crippen molar-refractivity contribution in [1.29, 1.82) is 0 Å². The largest absolute Gasteiger partial charge is 0.207 e. The van der Waals surface area contributed by atoms with E-state index in [1.165, 1.54) is 18.2 Å². The summed E-state index contributed by atoms with van der Waals surface area (Å²) in [6.07, 6.45) is 0.210. The molecular weight excluding hydrogens is 334 g/mol. The second-order valence-corrected chi connectivity index (χ2v) is 5.91. The van der Waals surface area contributed by atoms with E-state index in [1.54, 1.807) is 0 Å². The second kappa shape index (κ2) is 6.02. The third-order valence-corrected chi connectivity index (χ3v) is 4.08. The Bertz CT molecular complexity index is 578. The van der Waals surface area contributed by atoms with E-state index in [-0.39, 0.29) is 16.8 Å². The van der Waals surface area contributed by atoms with Crippen LogP contribution in [0.2, 0.25) is 5.02 Å². The Morgan fingerprint density at radius 2 is 1.79 bits per heavy atom. The van der Waals surface area contributed by atoms with Crippen LogP contribution < -0.4 is 0 Å². The van der Waals surface area contributed by atoms with Crippen molar-refractivity contribution in [2.45, 2.75) is 18.2 Å². The molecule has 19 heavy (non-hydrogen) atoms. The highest BCUT2D eigenvalue weighted by Crippen LogP contribution is 2.33. The molecule has 0 saturated carbocycles. The van der Waals surface area contributed by atoms with E-state index < -0.39 is 11.6 Å². The predicted molar refractivity (Wildman–Crippen MR) is 77.9 cm³/mol. The first-order chi connectivity index (χ1) is 8.99. The molecule has 0 nitrogen and oxygen atoms in total. The molecule has 0 aliphatic carbocycles. The minimum absolute atomic E-state index is 0.0704. The van der Waals surface area contributed by atoms with Crippen molar-refractivity contribution in [3.63, 3.8) is 0 Å². The van der Waals surface area contributed by atoms with Crippen molar-refractivity contribution < 1.29 is 8.78 Å². The van der Waals surface area contributed by atoms with Crippen molar-refractivity contribution in [2.24, 2.45) is 0 Å². The quantitative estimate of drug-likeness (QED) is 0.635. The Morgan fingerprint density at radius 3 is 2.37 bits per heavy atom. The van der Waals surface area contributed by atoms with Gasteiger partial charge in [0.25, 0.3) is 0 Å². The van der Waals surface area contributed by atoms with E-state index in [0.29, 0.717) is 5.02 Å². The van der Waals surface area contributed by atoms with Crippen LogP contribution in [-0.4, -0.2) is 0 Å². The molecule has 0 heterocycles. The first kappa shape index (κ1) is 14.5. The van der Waals surface area contributed by atoms with E-state index in [9.17, 15) is 8.78 Å². The van der Waals surface area contributed by atoms with E-state index in [2.05, 4.69) is 15.9 Å². The smallest absolute Gasteiger partial charge is 0.129 e. The van der Waals surface area contributed by atoms with Gasteiger partial charge in [-0.3, -0.25) is 0 Å². The van der Waals surface area contributed by atoms with Gasteiger partial charge in [0, 0.05) is 15.4 Å². The predicted octanol–water partition coefficient (Wildman–Crippen LogP) is 5.61. The fourth-order valence-electron chi connectivity index (χ4n) is 1.90. The first-order valence-electron chi connectivity index (χ1n) is 5.82. The number of aryl methyl sites for hydroxylation is 1. The van der Waals surface area contributed by atoms with Crippen molar-refractivity contribution in [2.75, 3.05) is 0 Å². The summed E-state index contributed by atoms with van der Waals surface area (Å²) in [4.78, 5) is -0.230. The van der Waals surface area contributed by atoms with E-state index >= 15 is 0 Å². The summed E-state index contributed by atoms with van der Waals surface area (Å²) in [5.41, 5.74) is 1.95. The van der Waals surface area contributed by atoms with E-state index in [1.807, 2.05) is 25.1 Å². The zero-order valence-corrected chi connectivity index (χ0v) is 12.6. The zero-order chi connectivity index (χ0) is 14.0. The van der Waals surface area contributed by atoms with E-state index in [4.69, 9.17) is 11.6 Å². The number of benzene rings is 2. The number of rotatable bonds is 3. The Morgan fingerprint density at radius 1 is 1.16 bits per heavy atom. The molecule has 2 rings (SSSR count). The van der Waals surface area contributed by atoms with Gasteiger partial charge in [-0.25, -0.2) is 8.78 Å². The molecule has 0 N–H and O–H groups in total. The van der Waals surface area contributed by atoms with Gasteiger partial charge in [-0.2, -0.15) is 0 Å². The third-order valence-electron chi connectivity index (χ3n) is 2.94. The van der Waals surface area contributed by atoms with Crippen LogP contribution in [0.15, 0.2) is 36.4 Å². The molecule has 0 aromatic heterocycles. The monoisotopic (exact) mass is 344 g/mol. The average molecular weight is 346 g/mol. The molecule has 0 radical (unpaired) electrons. The topological polar surface area (TPSA) is 0 Å². The summed E-state index contributed by atoms with van der Waals surface area (Å²) < 4.78 is 27.2. The standard InChI is InChI=1S/C15H12BrClF2/c1-9-5-6-10(13(17)7-9)12(16)8-11-14(18)3-2-4-15(11)19/h2-7,12H,8H2,1H3. The van der Waals surface area contributed by atoms with Crippen molar-refractivity contribution >= 4 is 27.5 Å². The van der Waals surface area contributed by atoms with Gasteiger partial charge >= 0.3 is 0 Å². The SMILES string of the molecule is Cc1ccc(C(Br)Cc2c(F)cccc2F)c(Cl)c1. The Balaban J connectivity index is 2.28. The molecule has 1 unspecified atom stereocenters. The molecule has 0 bridgehead atoms. The molecule has 2 aromatic carbocycles. The third kappa shape index (κ3) is 3.34. The Kier molecular flexibility index (Phi) is 4.58. The molecular formula is C15H12BrClF2. The highest BCUT2D eigenvalue weighted by Gasteiger charge is 2.17. The van der Waals surface area contributed by atoms with Crippen LogP contribution in [-0.2, 0) is 6.42 Å². The summed E-state index contributed by atoms with van der Waals surface area (Å²) >= 11 is 9.60. The lowest BCUT2D eigenvalue weighted by molar-refractivity contribution is 0.554.